The Morgan fingerprint density at radius 3 is 2.56 bits per heavy atom. The zero-order valence-corrected chi connectivity index (χ0v) is 24.5. The fourth-order valence-electron chi connectivity index (χ4n) is 6.70. The number of halogens is 1. The van der Waals surface area contributed by atoms with E-state index in [2.05, 4.69) is 20.1 Å². The third-order valence-corrected chi connectivity index (χ3v) is 10.8. The maximum absolute atomic E-state index is 14.6. The van der Waals surface area contributed by atoms with Crippen molar-refractivity contribution in [1.29, 1.82) is 0 Å². The number of nitrogens with zero attached hydrogens (tertiary/aromatic N) is 2. The highest BCUT2D eigenvalue weighted by Gasteiger charge is 2.77. The molecule has 212 valence electrons. The van der Waals surface area contributed by atoms with Gasteiger partial charge in [-0.15, -0.1) is 24.9 Å². The van der Waals surface area contributed by atoms with Gasteiger partial charge in [0.25, 0.3) is 5.91 Å². The van der Waals surface area contributed by atoms with Gasteiger partial charge in [0.1, 0.15) is 6.04 Å². The van der Waals surface area contributed by atoms with Gasteiger partial charge in [-0.25, -0.2) is 0 Å². The van der Waals surface area contributed by atoms with Crippen molar-refractivity contribution < 1.29 is 24.2 Å². The zero-order chi connectivity index (χ0) is 28.5. The van der Waals surface area contributed by atoms with E-state index < -0.39 is 28.7 Å². The number of allylic oxidation sites excluding steroid dienone is 1. The first-order valence-electron chi connectivity index (χ1n) is 13.7. The van der Waals surface area contributed by atoms with Crippen molar-refractivity contribution in [3.05, 3.63) is 54.6 Å². The summed E-state index contributed by atoms with van der Waals surface area (Å²) in [4.78, 5) is 45.7. The lowest BCUT2D eigenvalue weighted by Crippen LogP contribution is -2.60. The number of hydrogen-bond donors (Lipinski definition) is 1. The number of carbonyl (C=O) groups is 3. The molecule has 3 heterocycles. The fraction of sp³-hybridized carbons (Fsp3) is 0.567. The summed E-state index contributed by atoms with van der Waals surface area (Å²) in [7, 11) is 0. The first kappa shape index (κ1) is 29.7. The second-order valence-electron chi connectivity index (χ2n) is 11.1. The summed E-state index contributed by atoms with van der Waals surface area (Å²) in [5.74, 6) is -2.28. The van der Waals surface area contributed by atoms with Gasteiger partial charge in [-0.3, -0.25) is 14.4 Å². The molecule has 3 saturated heterocycles. The number of esters is 1. The van der Waals surface area contributed by atoms with Crippen LogP contribution in [0.4, 0.5) is 5.69 Å². The molecule has 4 rings (SSSR count). The van der Waals surface area contributed by atoms with Crippen LogP contribution >= 0.6 is 23.4 Å². The van der Waals surface area contributed by atoms with E-state index in [1.165, 1.54) is 0 Å². The number of anilines is 1. The lowest BCUT2D eigenvalue weighted by molar-refractivity contribution is -0.155. The number of unbranched alkanes of at least 4 members (excludes halogenated alkanes) is 1. The number of carbonyl (C=O) groups excluding carboxylic acids is 3. The monoisotopic (exact) mass is 574 g/mol. The van der Waals surface area contributed by atoms with Crippen LogP contribution < -0.4 is 4.90 Å². The molecular weight excluding hydrogens is 536 g/mol. The fourth-order valence-corrected chi connectivity index (χ4v) is 9.22. The van der Waals surface area contributed by atoms with E-state index in [-0.39, 0.29) is 54.6 Å². The Kier molecular flexibility index (Phi) is 9.19. The average molecular weight is 575 g/mol. The van der Waals surface area contributed by atoms with Gasteiger partial charge in [-0.1, -0.05) is 44.5 Å². The minimum atomic E-state index is -0.853. The molecular formula is C30H39ClN2O5S. The Hall–Kier alpha value is -2.29. The van der Waals surface area contributed by atoms with Gasteiger partial charge in [0.05, 0.1) is 35.8 Å². The predicted molar refractivity (Wildman–Crippen MR) is 156 cm³/mol. The van der Waals surface area contributed by atoms with Crippen LogP contribution in [0.1, 0.15) is 40.0 Å². The highest BCUT2D eigenvalue weighted by Crippen LogP contribution is 2.69. The normalized spacial score (nSPS) is 29.8. The maximum atomic E-state index is 14.6. The summed E-state index contributed by atoms with van der Waals surface area (Å²) in [6, 6.07) is 5.57. The number of amides is 2. The van der Waals surface area contributed by atoms with Gasteiger partial charge in [-0.05, 0) is 55.4 Å². The minimum absolute atomic E-state index is 0.00696. The summed E-state index contributed by atoms with van der Waals surface area (Å²) in [5.41, 5.74) is 0.644. The number of ether oxygens (including phenoxy) is 1. The number of benzene rings is 1. The molecule has 0 saturated carbocycles. The number of aliphatic hydroxyl groups is 1. The van der Waals surface area contributed by atoms with Crippen LogP contribution in [-0.4, -0.2) is 69.6 Å². The van der Waals surface area contributed by atoms with E-state index in [1.807, 2.05) is 13.8 Å². The van der Waals surface area contributed by atoms with Crippen molar-refractivity contribution in [3.63, 3.8) is 0 Å². The average Bonchev–Trinajstić information content (AvgIpc) is 3.50. The van der Waals surface area contributed by atoms with Crippen LogP contribution in [0.25, 0.3) is 0 Å². The number of rotatable bonds is 12. The smallest absolute Gasteiger partial charge is 0.310 e. The van der Waals surface area contributed by atoms with E-state index in [4.69, 9.17) is 16.3 Å². The molecule has 7 atom stereocenters. The molecule has 2 amide bonds. The maximum Gasteiger partial charge on any atom is 0.310 e. The second kappa shape index (κ2) is 12.1. The quantitative estimate of drug-likeness (QED) is 0.221. The molecule has 39 heavy (non-hydrogen) atoms. The van der Waals surface area contributed by atoms with E-state index in [9.17, 15) is 19.5 Å². The Morgan fingerprint density at radius 2 is 1.97 bits per heavy atom. The second-order valence-corrected chi connectivity index (χ2v) is 13.1. The third-order valence-electron chi connectivity index (χ3n) is 8.52. The van der Waals surface area contributed by atoms with Gasteiger partial charge in [-0.2, -0.15) is 0 Å². The standard InChI is InChI=1S/C30H39ClN2O5S/c1-6-8-9-15-38-29(37)24-23-16-19(5)30(39-23)25(24)27(35)33(22(17-34)18(3)4)26(30)28(36)32(14-7-2)21-12-10-20(31)11-13-21/h6-7,10-13,18-19,22-26,34H,1-2,8-9,14-17H2,3-5H3/t19?,22-,23-,24+,25-,26?,30?/m0/s1. The molecule has 0 radical (unpaired) electrons. The lowest BCUT2D eigenvalue weighted by Gasteiger charge is -2.42. The van der Waals surface area contributed by atoms with E-state index in [1.54, 1.807) is 58.0 Å². The van der Waals surface area contributed by atoms with Gasteiger partial charge in [0.15, 0.2) is 0 Å². The molecule has 3 fully saturated rings. The molecule has 0 aliphatic carbocycles. The Morgan fingerprint density at radius 1 is 1.28 bits per heavy atom. The molecule has 2 bridgehead atoms. The summed E-state index contributed by atoms with van der Waals surface area (Å²) in [6.07, 6.45) is 5.56. The molecule has 1 spiro atoms. The van der Waals surface area contributed by atoms with Crippen molar-refractivity contribution in [1.82, 2.24) is 4.90 Å². The summed E-state index contributed by atoms with van der Waals surface area (Å²) < 4.78 is 4.85. The summed E-state index contributed by atoms with van der Waals surface area (Å²) in [5, 5.41) is 10.9. The highest BCUT2D eigenvalue weighted by molar-refractivity contribution is 8.02. The number of hydrogen-bond acceptors (Lipinski definition) is 6. The number of fused-ring (bicyclic) bond motifs is 1. The largest absolute Gasteiger partial charge is 0.465 e. The summed E-state index contributed by atoms with van der Waals surface area (Å²) >= 11 is 7.72. The van der Waals surface area contributed by atoms with Crippen LogP contribution in [0.3, 0.4) is 0 Å². The first-order chi connectivity index (χ1) is 18.6. The topological polar surface area (TPSA) is 87.2 Å². The Labute approximate surface area is 240 Å². The van der Waals surface area contributed by atoms with Crippen molar-refractivity contribution >= 4 is 46.8 Å². The third kappa shape index (κ3) is 5.04. The SMILES string of the molecule is C=CCCCOC(=O)[C@@H]1[C@@H]2CC(C)C3(S2)C(C(=O)N(CC=C)c2ccc(Cl)cc2)N([C@@H](CO)C(C)C)C(=O)[C@H]13. The van der Waals surface area contributed by atoms with E-state index in [0.717, 1.165) is 6.42 Å². The van der Waals surface area contributed by atoms with Gasteiger partial charge < -0.3 is 19.6 Å². The van der Waals surface area contributed by atoms with Crippen LogP contribution in [-0.2, 0) is 19.1 Å². The highest BCUT2D eigenvalue weighted by atomic mass is 35.5. The molecule has 1 aromatic rings. The Balaban J connectivity index is 1.79. The lowest BCUT2D eigenvalue weighted by atomic mass is 9.66. The molecule has 0 aromatic heterocycles. The van der Waals surface area contributed by atoms with Gasteiger partial charge >= 0.3 is 5.97 Å². The predicted octanol–water partition coefficient (Wildman–Crippen LogP) is 4.72. The number of thioether (sulfide) groups is 1. The van der Waals surface area contributed by atoms with Crippen LogP contribution in [0.15, 0.2) is 49.6 Å². The number of aliphatic hydroxyl groups excluding tert-OH is 1. The van der Waals surface area contributed by atoms with Crippen molar-refractivity contribution in [2.45, 2.75) is 62.1 Å². The molecule has 3 aliphatic rings. The molecule has 1 N–H and O–H groups in total. The van der Waals surface area contributed by atoms with Crippen molar-refractivity contribution in [3.8, 4) is 0 Å². The molecule has 1 aromatic carbocycles. The van der Waals surface area contributed by atoms with E-state index in [0.29, 0.717) is 23.6 Å². The molecule has 7 nitrogen and oxygen atoms in total. The molecule has 9 heteroatoms. The van der Waals surface area contributed by atoms with Crippen molar-refractivity contribution in [2.75, 3.05) is 24.7 Å². The summed E-state index contributed by atoms with van der Waals surface area (Å²) in [6.45, 7) is 13.7. The Bertz CT molecular complexity index is 1110. The van der Waals surface area contributed by atoms with Crippen LogP contribution in [0.5, 0.6) is 0 Å². The minimum Gasteiger partial charge on any atom is -0.465 e. The van der Waals surface area contributed by atoms with E-state index >= 15 is 0 Å². The zero-order valence-electron chi connectivity index (χ0n) is 22.9. The first-order valence-corrected chi connectivity index (χ1v) is 15.0. The van der Waals surface area contributed by atoms with Crippen LogP contribution in [0, 0.1) is 23.7 Å². The number of likely N-dealkylation sites (tertiary alicyclic amines) is 1. The van der Waals surface area contributed by atoms with Gasteiger partial charge in [0.2, 0.25) is 5.91 Å². The molecule has 3 aliphatic heterocycles. The molecule has 3 unspecified atom stereocenters. The van der Waals surface area contributed by atoms with Gasteiger partial charge in [0, 0.05) is 22.5 Å². The van der Waals surface area contributed by atoms with Crippen molar-refractivity contribution in [2.24, 2.45) is 23.7 Å². The van der Waals surface area contributed by atoms with Crippen LogP contribution in [0.2, 0.25) is 5.02 Å².